The molecule has 128 valence electrons. The maximum Gasteiger partial charge on any atom is 0.302 e. The van der Waals surface area contributed by atoms with Gasteiger partial charge < -0.3 is 9.84 Å². The average molecular weight is 318 g/mol. The van der Waals surface area contributed by atoms with Crippen molar-refractivity contribution >= 4 is 5.97 Å². The van der Waals surface area contributed by atoms with Crippen molar-refractivity contribution in [3.63, 3.8) is 0 Å². The highest BCUT2D eigenvalue weighted by molar-refractivity contribution is 5.66. The second-order valence-electron chi connectivity index (χ2n) is 8.64. The predicted molar refractivity (Wildman–Crippen MR) is 88.6 cm³/mol. The molecule has 3 nitrogen and oxygen atoms in total. The molecular formula is C20H30O3. The fraction of sp³-hybridized carbons (Fsp3) is 0.850. The lowest BCUT2D eigenvalue weighted by Crippen LogP contribution is -2.50. The van der Waals surface area contributed by atoms with Crippen LogP contribution in [0.3, 0.4) is 0 Å². The third kappa shape index (κ3) is 2.38. The van der Waals surface area contributed by atoms with Gasteiger partial charge in [0.1, 0.15) is 6.10 Å². The van der Waals surface area contributed by atoms with Gasteiger partial charge in [-0.15, -0.1) is 0 Å². The summed E-state index contributed by atoms with van der Waals surface area (Å²) < 4.78 is 5.69. The first kappa shape index (κ1) is 15.7. The number of rotatable bonds is 1. The van der Waals surface area contributed by atoms with Crippen molar-refractivity contribution in [2.45, 2.75) is 77.4 Å². The lowest BCUT2D eigenvalue weighted by atomic mass is 9.52. The molecule has 0 bridgehead atoms. The van der Waals surface area contributed by atoms with E-state index in [0.29, 0.717) is 23.7 Å². The van der Waals surface area contributed by atoms with Gasteiger partial charge in [0, 0.05) is 18.3 Å². The summed E-state index contributed by atoms with van der Waals surface area (Å²) >= 11 is 0. The Balaban J connectivity index is 1.59. The highest BCUT2D eigenvalue weighted by Gasteiger charge is 2.58. The smallest absolute Gasteiger partial charge is 0.302 e. The van der Waals surface area contributed by atoms with Crippen molar-refractivity contribution in [1.82, 2.24) is 0 Å². The van der Waals surface area contributed by atoms with Gasteiger partial charge in [-0.25, -0.2) is 0 Å². The second-order valence-corrected chi connectivity index (χ2v) is 8.64. The van der Waals surface area contributed by atoms with Crippen LogP contribution < -0.4 is 0 Å². The van der Waals surface area contributed by atoms with Crippen LogP contribution in [-0.4, -0.2) is 23.3 Å². The van der Waals surface area contributed by atoms with Crippen molar-refractivity contribution in [3.05, 3.63) is 11.6 Å². The SMILES string of the molecule is CC(=O)O[C@H]1CC[C@H]2[C@@H]3CCC4=CCC[C@@H](O)[C@@H]4[C@H]3CC[C@]12C. The number of allylic oxidation sites excluding steroid dienone is 1. The van der Waals surface area contributed by atoms with Gasteiger partial charge in [0.25, 0.3) is 0 Å². The number of carbonyl (C=O) groups is 1. The van der Waals surface area contributed by atoms with Crippen LogP contribution in [0.5, 0.6) is 0 Å². The number of hydrogen-bond acceptors (Lipinski definition) is 3. The van der Waals surface area contributed by atoms with Gasteiger partial charge in [-0.1, -0.05) is 18.6 Å². The Kier molecular flexibility index (Phi) is 3.83. The standard InChI is InChI=1S/C20H30O3/c1-12(21)23-18-9-8-16-14-7-6-13-4-3-5-17(22)19(13)15(14)10-11-20(16,18)2/h4,14-19,22H,3,5-11H2,1-2H3/t14-,15+,16+,17-,18+,19+,20+/m1/s1. The average Bonchev–Trinajstić information content (AvgIpc) is 2.83. The zero-order valence-electron chi connectivity index (χ0n) is 14.5. The molecule has 0 aromatic carbocycles. The van der Waals surface area contributed by atoms with Crippen molar-refractivity contribution in [1.29, 1.82) is 0 Å². The van der Waals surface area contributed by atoms with Gasteiger partial charge in [0.2, 0.25) is 0 Å². The summed E-state index contributed by atoms with van der Waals surface area (Å²) in [5.74, 6) is 2.32. The molecule has 0 saturated heterocycles. The highest BCUT2D eigenvalue weighted by Crippen LogP contribution is 2.62. The van der Waals surface area contributed by atoms with E-state index < -0.39 is 0 Å². The van der Waals surface area contributed by atoms with Crippen molar-refractivity contribution in [2.24, 2.45) is 29.1 Å². The number of fused-ring (bicyclic) bond motifs is 5. The van der Waals surface area contributed by atoms with Gasteiger partial charge in [-0.3, -0.25) is 4.79 Å². The lowest BCUT2D eigenvalue weighted by molar-refractivity contribution is -0.156. The fourth-order valence-electron chi connectivity index (χ4n) is 6.69. The number of aliphatic hydroxyl groups excluding tert-OH is 1. The predicted octanol–water partition coefficient (Wildman–Crippen LogP) is 3.85. The zero-order chi connectivity index (χ0) is 16.2. The Labute approximate surface area is 139 Å². The third-order valence-corrected chi connectivity index (χ3v) is 7.65. The minimum absolute atomic E-state index is 0.110. The first-order valence-corrected chi connectivity index (χ1v) is 9.55. The maximum atomic E-state index is 11.5. The normalized spacial score (nSPS) is 48.7. The summed E-state index contributed by atoms with van der Waals surface area (Å²) in [5.41, 5.74) is 1.70. The van der Waals surface area contributed by atoms with E-state index >= 15 is 0 Å². The maximum absolute atomic E-state index is 11.5. The van der Waals surface area contributed by atoms with Crippen LogP contribution >= 0.6 is 0 Å². The van der Waals surface area contributed by atoms with Crippen LogP contribution in [0, 0.1) is 29.1 Å². The highest BCUT2D eigenvalue weighted by atomic mass is 16.5. The first-order chi connectivity index (χ1) is 11.0. The molecule has 3 heteroatoms. The molecule has 1 N–H and O–H groups in total. The number of carbonyl (C=O) groups excluding carboxylic acids is 1. The molecule has 0 aromatic heterocycles. The monoisotopic (exact) mass is 318 g/mol. The molecular weight excluding hydrogens is 288 g/mol. The Morgan fingerprint density at radius 3 is 2.83 bits per heavy atom. The summed E-state index contributed by atoms with van der Waals surface area (Å²) in [6, 6.07) is 0. The van der Waals surface area contributed by atoms with E-state index in [-0.39, 0.29) is 23.6 Å². The molecule has 0 aromatic rings. The quantitative estimate of drug-likeness (QED) is 0.590. The molecule has 4 aliphatic carbocycles. The van der Waals surface area contributed by atoms with E-state index in [0.717, 1.165) is 25.7 Å². The summed E-state index contributed by atoms with van der Waals surface area (Å²) in [6.07, 6.45) is 11.4. The second kappa shape index (κ2) is 5.61. The number of esters is 1. The van der Waals surface area contributed by atoms with Crippen LogP contribution in [0.15, 0.2) is 11.6 Å². The van der Waals surface area contributed by atoms with Crippen LogP contribution in [0.25, 0.3) is 0 Å². The summed E-state index contributed by atoms with van der Waals surface area (Å²) in [7, 11) is 0. The molecule has 0 amide bonds. The Morgan fingerprint density at radius 1 is 1.22 bits per heavy atom. The van der Waals surface area contributed by atoms with Crippen LogP contribution in [0.4, 0.5) is 0 Å². The van der Waals surface area contributed by atoms with E-state index in [1.54, 1.807) is 12.5 Å². The number of ether oxygens (including phenoxy) is 1. The summed E-state index contributed by atoms with van der Waals surface area (Å²) in [6.45, 7) is 3.90. The largest absolute Gasteiger partial charge is 0.462 e. The summed E-state index contributed by atoms with van der Waals surface area (Å²) in [4.78, 5) is 11.5. The van der Waals surface area contributed by atoms with Gasteiger partial charge in [0.05, 0.1) is 6.10 Å². The van der Waals surface area contributed by atoms with Gasteiger partial charge in [-0.2, -0.15) is 0 Å². The van der Waals surface area contributed by atoms with E-state index in [4.69, 9.17) is 4.74 Å². The number of aliphatic hydroxyl groups is 1. The van der Waals surface area contributed by atoms with E-state index in [1.807, 2.05) is 0 Å². The van der Waals surface area contributed by atoms with E-state index in [9.17, 15) is 9.90 Å². The van der Waals surface area contributed by atoms with Crippen molar-refractivity contribution in [2.75, 3.05) is 0 Å². The van der Waals surface area contributed by atoms with Crippen molar-refractivity contribution in [3.8, 4) is 0 Å². The lowest BCUT2D eigenvalue weighted by Gasteiger charge is -2.54. The Hall–Kier alpha value is -0.830. The van der Waals surface area contributed by atoms with E-state index in [2.05, 4.69) is 13.0 Å². The zero-order valence-corrected chi connectivity index (χ0v) is 14.5. The van der Waals surface area contributed by atoms with Crippen LogP contribution in [0.1, 0.15) is 65.2 Å². The molecule has 7 atom stereocenters. The fourth-order valence-corrected chi connectivity index (χ4v) is 6.69. The Morgan fingerprint density at radius 2 is 2.04 bits per heavy atom. The number of hydrogen-bond donors (Lipinski definition) is 1. The minimum atomic E-state index is -0.129. The van der Waals surface area contributed by atoms with Crippen molar-refractivity contribution < 1.29 is 14.6 Å². The summed E-state index contributed by atoms with van der Waals surface area (Å²) in [5, 5.41) is 10.6. The molecule has 0 heterocycles. The van der Waals surface area contributed by atoms with Crippen LogP contribution in [0.2, 0.25) is 0 Å². The third-order valence-electron chi connectivity index (χ3n) is 7.65. The van der Waals surface area contributed by atoms with Gasteiger partial charge in [-0.05, 0) is 69.1 Å². The molecule has 0 aliphatic heterocycles. The van der Waals surface area contributed by atoms with Gasteiger partial charge >= 0.3 is 5.97 Å². The molecule has 4 aliphatic rings. The molecule has 0 spiro atoms. The molecule has 0 unspecified atom stereocenters. The minimum Gasteiger partial charge on any atom is -0.462 e. The van der Waals surface area contributed by atoms with Crippen LogP contribution in [-0.2, 0) is 9.53 Å². The molecule has 3 saturated carbocycles. The molecule has 3 fully saturated rings. The van der Waals surface area contributed by atoms with E-state index in [1.165, 1.54) is 25.7 Å². The topological polar surface area (TPSA) is 46.5 Å². The van der Waals surface area contributed by atoms with Gasteiger partial charge in [0.15, 0.2) is 0 Å². The molecule has 0 radical (unpaired) electrons. The molecule has 4 rings (SSSR count). The Bertz CT molecular complexity index is 525. The molecule has 23 heavy (non-hydrogen) atoms. The first-order valence-electron chi connectivity index (χ1n) is 9.55.